The fraction of sp³-hybridized carbons (Fsp3) is 0.444. The molecule has 2 rings (SSSR count). The second-order valence-electron chi connectivity index (χ2n) is 5.87. The molecule has 1 aromatic carbocycles. The fourth-order valence-electron chi connectivity index (χ4n) is 2.24. The van der Waals surface area contributed by atoms with Crippen molar-refractivity contribution < 1.29 is 4.79 Å². The Bertz CT molecular complexity index is 646. The number of carbonyl (C=O) groups is 1. The normalized spacial score (nSPS) is 13.7. The van der Waals surface area contributed by atoms with Crippen LogP contribution in [-0.4, -0.2) is 10.9 Å². The molecule has 22 heavy (non-hydrogen) atoms. The number of nitrogens with zero attached hydrogens (tertiary/aromatic N) is 1. The van der Waals surface area contributed by atoms with Gasteiger partial charge in [0.25, 0.3) is 0 Å². The molecule has 1 heterocycles. The molecule has 0 aliphatic carbocycles. The molecule has 3 nitrogen and oxygen atoms in total. The van der Waals surface area contributed by atoms with Crippen molar-refractivity contribution in [3.63, 3.8) is 0 Å². The molecule has 2 atom stereocenters. The van der Waals surface area contributed by atoms with Crippen LogP contribution in [0.25, 0.3) is 10.6 Å². The first-order valence-electron chi connectivity index (χ1n) is 7.77. The molecule has 0 spiro atoms. The number of aryl methyl sites for hydroxylation is 2. The van der Waals surface area contributed by atoms with Crippen molar-refractivity contribution in [2.24, 2.45) is 5.92 Å². The SMILES string of the molecule is CCC(C)C(=O)NC(C)c1sc(-c2ccc(C)cc2)nc1C. The monoisotopic (exact) mass is 316 g/mol. The molecule has 0 bridgehead atoms. The Kier molecular flexibility index (Phi) is 5.35. The Morgan fingerprint density at radius 1 is 1.23 bits per heavy atom. The van der Waals surface area contributed by atoms with Crippen molar-refractivity contribution in [3.05, 3.63) is 40.4 Å². The number of hydrogen-bond donors (Lipinski definition) is 1. The Hall–Kier alpha value is -1.68. The molecule has 0 fully saturated rings. The van der Waals surface area contributed by atoms with E-state index < -0.39 is 0 Å². The zero-order valence-electron chi connectivity index (χ0n) is 13.9. The van der Waals surface area contributed by atoms with E-state index in [0.717, 1.165) is 27.6 Å². The Morgan fingerprint density at radius 2 is 1.86 bits per heavy atom. The summed E-state index contributed by atoms with van der Waals surface area (Å²) in [5.41, 5.74) is 3.37. The Labute approximate surface area is 136 Å². The minimum absolute atomic E-state index is 0.00167. The van der Waals surface area contributed by atoms with Gasteiger partial charge >= 0.3 is 0 Å². The van der Waals surface area contributed by atoms with E-state index in [9.17, 15) is 4.79 Å². The van der Waals surface area contributed by atoms with Crippen LogP contribution in [0.3, 0.4) is 0 Å². The van der Waals surface area contributed by atoms with Crippen LogP contribution in [0.5, 0.6) is 0 Å². The maximum Gasteiger partial charge on any atom is 0.223 e. The van der Waals surface area contributed by atoms with E-state index in [2.05, 4.69) is 41.5 Å². The maximum atomic E-state index is 12.1. The maximum absolute atomic E-state index is 12.1. The van der Waals surface area contributed by atoms with Crippen LogP contribution in [0, 0.1) is 19.8 Å². The van der Waals surface area contributed by atoms with Gasteiger partial charge in [0.2, 0.25) is 5.91 Å². The van der Waals surface area contributed by atoms with E-state index in [1.807, 2.05) is 27.7 Å². The number of aromatic nitrogens is 1. The van der Waals surface area contributed by atoms with E-state index in [0.29, 0.717) is 0 Å². The summed E-state index contributed by atoms with van der Waals surface area (Å²) in [6.45, 7) is 10.1. The van der Waals surface area contributed by atoms with Gasteiger partial charge in [0.05, 0.1) is 16.6 Å². The third-order valence-corrected chi connectivity index (χ3v) is 5.33. The van der Waals surface area contributed by atoms with Gasteiger partial charge in [-0.1, -0.05) is 43.7 Å². The summed E-state index contributed by atoms with van der Waals surface area (Å²) in [6, 6.07) is 8.39. The van der Waals surface area contributed by atoms with Gasteiger partial charge in [-0.05, 0) is 27.2 Å². The zero-order valence-corrected chi connectivity index (χ0v) is 14.8. The Morgan fingerprint density at radius 3 is 2.45 bits per heavy atom. The summed E-state index contributed by atoms with van der Waals surface area (Å²) >= 11 is 1.66. The first-order chi connectivity index (χ1) is 10.4. The molecular formula is C18H24N2OS. The lowest BCUT2D eigenvalue weighted by Gasteiger charge is -2.15. The largest absolute Gasteiger partial charge is 0.348 e. The summed E-state index contributed by atoms with van der Waals surface area (Å²) in [4.78, 5) is 17.9. The average molecular weight is 316 g/mol. The van der Waals surface area contributed by atoms with E-state index in [1.54, 1.807) is 11.3 Å². The lowest BCUT2D eigenvalue weighted by molar-refractivity contribution is -0.125. The standard InChI is InChI=1S/C18H24N2OS/c1-6-12(3)17(21)19-13(4)16-14(5)20-18(22-16)15-9-7-11(2)8-10-15/h7-10,12-13H,6H2,1-5H3,(H,19,21). The van der Waals surface area contributed by atoms with Crippen LogP contribution < -0.4 is 5.32 Å². The molecule has 0 aliphatic heterocycles. The zero-order chi connectivity index (χ0) is 16.3. The molecule has 118 valence electrons. The molecule has 0 saturated heterocycles. The predicted octanol–water partition coefficient (Wildman–Crippen LogP) is 4.65. The summed E-state index contributed by atoms with van der Waals surface area (Å²) in [5, 5.41) is 4.10. The minimum Gasteiger partial charge on any atom is -0.348 e. The minimum atomic E-state index is -0.00167. The number of rotatable bonds is 5. The van der Waals surface area contributed by atoms with E-state index in [1.165, 1.54) is 5.56 Å². The smallest absolute Gasteiger partial charge is 0.223 e. The van der Waals surface area contributed by atoms with Gasteiger partial charge in [0.15, 0.2) is 0 Å². The van der Waals surface area contributed by atoms with Crippen molar-refractivity contribution in [2.45, 2.75) is 47.1 Å². The molecule has 0 aliphatic rings. The molecule has 1 amide bonds. The molecule has 2 aromatic rings. The number of nitrogens with one attached hydrogen (secondary N) is 1. The number of carbonyl (C=O) groups excluding carboxylic acids is 1. The van der Waals surface area contributed by atoms with Crippen LogP contribution in [0.1, 0.15) is 49.4 Å². The number of thiazole rings is 1. The number of amides is 1. The van der Waals surface area contributed by atoms with Crippen LogP contribution >= 0.6 is 11.3 Å². The lowest BCUT2D eigenvalue weighted by atomic mass is 10.1. The number of hydrogen-bond acceptors (Lipinski definition) is 3. The highest BCUT2D eigenvalue weighted by Crippen LogP contribution is 2.32. The van der Waals surface area contributed by atoms with E-state index in [4.69, 9.17) is 0 Å². The van der Waals surface area contributed by atoms with Gasteiger partial charge in [-0.3, -0.25) is 4.79 Å². The second kappa shape index (κ2) is 7.05. The van der Waals surface area contributed by atoms with Gasteiger partial charge in [-0.25, -0.2) is 4.98 Å². The third-order valence-electron chi connectivity index (χ3n) is 3.94. The van der Waals surface area contributed by atoms with Crippen LogP contribution in [-0.2, 0) is 4.79 Å². The first-order valence-corrected chi connectivity index (χ1v) is 8.58. The van der Waals surface area contributed by atoms with Crippen molar-refractivity contribution in [2.75, 3.05) is 0 Å². The molecule has 0 radical (unpaired) electrons. The molecule has 2 unspecified atom stereocenters. The highest BCUT2D eigenvalue weighted by atomic mass is 32.1. The summed E-state index contributed by atoms with van der Waals surface area (Å²) in [6.07, 6.45) is 0.856. The fourth-order valence-corrected chi connectivity index (χ4v) is 3.31. The lowest BCUT2D eigenvalue weighted by Crippen LogP contribution is -2.31. The van der Waals surface area contributed by atoms with Crippen LogP contribution in [0.2, 0.25) is 0 Å². The molecule has 4 heteroatoms. The molecule has 1 N–H and O–H groups in total. The Balaban J connectivity index is 2.19. The van der Waals surface area contributed by atoms with Crippen molar-refractivity contribution in [1.29, 1.82) is 0 Å². The van der Waals surface area contributed by atoms with Crippen molar-refractivity contribution in [1.82, 2.24) is 10.3 Å². The first kappa shape index (κ1) is 16.7. The van der Waals surface area contributed by atoms with Crippen LogP contribution in [0.15, 0.2) is 24.3 Å². The van der Waals surface area contributed by atoms with Crippen molar-refractivity contribution in [3.8, 4) is 10.6 Å². The molecular weight excluding hydrogens is 292 g/mol. The van der Waals surface area contributed by atoms with E-state index in [-0.39, 0.29) is 17.9 Å². The predicted molar refractivity (Wildman–Crippen MR) is 93.0 cm³/mol. The van der Waals surface area contributed by atoms with Gasteiger partial charge in [-0.15, -0.1) is 11.3 Å². The second-order valence-corrected chi connectivity index (χ2v) is 6.90. The van der Waals surface area contributed by atoms with Gasteiger partial charge in [0, 0.05) is 11.5 Å². The highest BCUT2D eigenvalue weighted by Gasteiger charge is 2.19. The van der Waals surface area contributed by atoms with E-state index >= 15 is 0 Å². The molecule has 0 saturated carbocycles. The molecule has 1 aromatic heterocycles. The van der Waals surface area contributed by atoms with Gasteiger partial charge < -0.3 is 5.32 Å². The quantitative estimate of drug-likeness (QED) is 0.872. The third kappa shape index (κ3) is 3.74. The van der Waals surface area contributed by atoms with Gasteiger partial charge in [-0.2, -0.15) is 0 Å². The summed E-state index contributed by atoms with van der Waals surface area (Å²) < 4.78 is 0. The summed E-state index contributed by atoms with van der Waals surface area (Å²) in [7, 11) is 0. The topological polar surface area (TPSA) is 42.0 Å². The van der Waals surface area contributed by atoms with Gasteiger partial charge in [0.1, 0.15) is 5.01 Å². The average Bonchev–Trinajstić information content (AvgIpc) is 2.89. The summed E-state index contributed by atoms with van der Waals surface area (Å²) in [5.74, 6) is 0.159. The highest BCUT2D eigenvalue weighted by molar-refractivity contribution is 7.15. The van der Waals surface area contributed by atoms with Crippen LogP contribution in [0.4, 0.5) is 0 Å². The number of benzene rings is 1. The van der Waals surface area contributed by atoms with Crippen molar-refractivity contribution >= 4 is 17.2 Å².